The Morgan fingerprint density at radius 2 is 2.19 bits per heavy atom. The van der Waals surface area contributed by atoms with Crippen LogP contribution in [0.2, 0.25) is 0 Å². The van der Waals surface area contributed by atoms with Crippen LogP contribution in [0.1, 0.15) is 18.4 Å². The Labute approximate surface area is 122 Å². The van der Waals surface area contributed by atoms with Gasteiger partial charge in [0.2, 0.25) is 5.91 Å². The Balaban J connectivity index is 1.87. The third kappa shape index (κ3) is 4.51. The van der Waals surface area contributed by atoms with Gasteiger partial charge in [0.15, 0.2) is 0 Å². The van der Waals surface area contributed by atoms with Crippen molar-refractivity contribution in [1.82, 2.24) is 5.32 Å². The van der Waals surface area contributed by atoms with E-state index in [2.05, 4.69) is 10.6 Å². The summed E-state index contributed by atoms with van der Waals surface area (Å²) in [6.45, 7) is 3.42. The molecule has 1 fully saturated rings. The van der Waals surface area contributed by atoms with Gasteiger partial charge in [-0.25, -0.2) is 0 Å². The highest BCUT2D eigenvalue weighted by Crippen LogP contribution is 2.22. The first kappa shape index (κ1) is 15.4. The highest BCUT2D eigenvalue weighted by atomic mass is 16.6. The number of carbonyl (C=O) groups excluding carboxylic acids is 1. The van der Waals surface area contributed by atoms with Gasteiger partial charge in [-0.3, -0.25) is 14.9 Å². The van der Waals surface area contributed by atoms with Crippen molar-refractivity contribution in [1.29, 1.82) is 0 Å². The second-order valence-electron chi connectivity index (χ2n) is 5.07. The molecule has 114 valence electrons. The molecule has 7 nitrogen and oxygen atoms in total. The summed E-state index contributed by atoms with van der Waals surface area (Å²) >= 11 is 0. The summed E-state index contributed by atoms with van der Waals surface area (Å²) in [5, 5.41) is 16.7. The number of benzene rings is 1. The summed E-state index contributed by atoms with van der Waals surface area (Å²) in [6, 6.07) is 4.62. The molecule has 0 aromatic heterocycles. The van der Waals surface area contributed by atoms with Gasteiger partial charge in [-0.15, -0.1) is 0 Å². The van der Waals surface area contributed by atoms with Gasteiger partial charge in [-0.1, -0.05) is 6.07 Å². The number of nitrogens with one attached hydrogen (secondary N) is 2. The van der Waals surface area contributed by atoms with Crippen molar-refractivity contribution in [3.05, 3.63) is 33.9 Å². The maximum atomic E-state index is 11.8. The van der Waals surface area contributed by atoms with E-state index in [1.807, 2.05) is 0 Å². The molecule has 2 rings (SSSR count). The Hall–Kier alpha value is -1.99. The maximum absolute atomic E-state index is 11.8. The molecule has 0 unspecified atom stereocenters. The molecule has 1 amide bonds. The molecular formula is C14H19N3O4. The van der Waals surface area contributed by atoms with Crippen molar-refractivity contribution < 1.29 is 14.5 Å². The van der Waals surface area contributed by atoms with E-state index >= 15 is 0 Å². The van der Waals surface area contributed by atoms with Gasteiger partial charge in [0.1, 0.15) is 6.61 Å². The third-order valence-electron chi connectivity index (χ3n) is 3.43. The smallest absolute Gasteiger partial charge is 0.274 e. The minimum Gasteiger partial charge on any atom is -0.368 e. The first-order valence-corrected chi connectivity index (χ1v) is 6.93. The van der Waals surface area contributed by atoms with Crippen molar-refractivity contribution >= 4 is 17.3 Å². The van der Waals surface area contributed by atoms with E-state index < -0.39 is 4.92 Å². The fourth-order valence-electron chi connectivity index (χ4n) is 2.24. The number of hydrogen-bond donors (Lipinski definition) is 2. The number of amides is 1. The molecule has 1 heterocycles. The van der Waals surface area contributed by atoms with Crippen LogP contribution in [0.3, 0.4) is 0 Å². The largest absolute Gasteiger partial charge is 0.368 e. The number of hydrogen-bond acceptors (Lipinski definition) is 5. The van der Waals surface area contributed by atoms with Gasteiger partial charge in [0, 0.05) is 17.3 Å². The monoisotopic (exact) mass is 293 g/mol. The molecule has 0 atom stereocenters. The van der Waals surface area contributed by atoms with Crippen molar-refractivity contribution in [3.63, 3.8) is 0 Å². The molecule has 0 radical (unpaired) electrons. The quantitative estimate of drug-likeness (QED) is 0.635. The highest BCUT2D eigenvalue weighted by molar-refractivity contribution is 5.92. The average molecular weight is 293 g/mol. The fourth-order valence-corrected chi connectivity index (χ4v) is 2.24. The summed E-state index contributed by atoms with van der Waals surface area (Å²) in [7, 11) is 0. The molecule has 0 aliphatic carbocycles. The first-order chi connectivity index (χ1) is 10.1. The second-order valence-corrected chi connectivity index (χ2v) is 5.07. The Morgan fingerprint density at radius 3 is 2.86 bits per heavy atom. The lowest BCUT2D eigenvalue weighted by atomic mass is 10.1. The molecule has 1 aromatic carbocycles. The molecule has 1 aliphatic heterocycles. The van der Waals surface area contributed by atoms with Crippen LogP contribution in [0.5, 0.6) is 0 Å². The lowest BCUT2D eigenvalue weighted by molar-refractivity contribution is -0.385. The Bertz CT molecular complexity index is 527. The topological polar surface area (TPSA) is 93.5 Å². The number of nitro benzene ring substituents is 1. The average Bonchev–Trinajstić information content (AvgIpc) is 2.48. The Kier molecular flexibility index (Phi) is 5.24. The van der Waals surface area contributed by atoms with Gasteiger partial charge in [0.05, 0.1) is 11.0 Å². The van der Waals surface area contributed by atoms with Crippen LogP contribution in [0, 0.1) is 17.0 Å². The molecule has 0 saturated carbocycles. The minimum absolute atomic E-state index is 0.00734. The van der Waals surface area contributed by atoms with Crippen LogP contribution >= 0.6 is 0 Å². The second kappa shape index (κ2) is 7.14. The van der Waals surface area contributed by atoms with Gasteiger partial charge in [-0.2, -0.15) is 0 Å². The standard InChI is InChI=1S/C14H19N3O4/c1-10-2-3-11(8-13(10)17(19)20)16-14(18)9-21-12-4-6-15-7-5-12/h2-3,8,12,15H,4-7,9H2,1H3,(H,16,18). The molecule has 1 saturated heterocycles. The van der Waals surface area contributed by atoms with E-state index in [4.69, 9.17) is 4.74 Å². The SMILES string of the molecule is Cc1ccc(NC(=O)COC2CCNCC2)cc1[N+](=O)[O-]. The summed E-state index contributed by atoms with van der Waals surface area (Å²) in [6.07, 6.45) is 1.89. The Morgan fingerprint density at radius 1 is 1.48 bits per heavy atom. The number of aryl methyl sites for hydroxylation is 1. The van der Waals surface area contributed by atoms with Crippen molar-refractivity contribution in [2.45, 2.75) is 25.9 Å². The molecule has 21 heavy (non-hydrogen) atoms. The minimum atomic E-state index is -0.462. The third-order valence-corrected chi connectivity index (χ3v) is 3.43. The van der Waals surface area contributed by atoms with E-state index in [1.54, 1.807) is 19.1 Å². The molecule has 2 N–H and O–H groups in total. The van der Waals surface area contributed by atoms with Crippen molar-refractivity contribution in [2.24, 2.45) is 0 Å². The number of nitro groups is 1. The van der Waals surface area contributed by atoms with Crippen LogP contribution in [0.4, 0.5) is 11.4 Å². The summed E-state index contributed by atoms with van der Waals surface area (Å²) in [5.74, 6) is -0.299. The van der Waals surface area contributed by atoms with E-state index in [0.29, 0.717) is 11.3 Å². The van der Waals surface area contributed by atoms with E-state index in [1.165, 1.54) is 6.07 Å². The first-order valence-electron chi connectivity index (χ1n) is 6.93. The summed E-state index contributed by atoms with van der Waals surface area (Å²) in [4.78, 5) is 22.2. The normalized spacial score (nSPS) is 15.7. The molecule has 1 aromatic rings. The van der Waals surface area contributed by atoms with E-state index in [-0.39, 0.29) is 24.3 Å². The number of nitrogens with zero attached hydrogens (tertiary/aromatic N) is 1. The summed E-state index contributed by atoms with van der Waals surface area (Å²) in [5.41, 5.74) is 0.960. The molecular weight excluding hydrogens is 274 g/mol. The number of piperidine rings is 1. The lowest BCUT2D eigenvalue weighted by Crippen LogP contribution is -2.34. The van der Waals surface area contributed by atoms with Gasteiger partial charge in [0.25, 0.3) is 5.69 Å². The van der Waals surface area contributed by atoms with E-state index in [9.17, 15) is 14.9 Å². The highest BCUT2D eigenvalue weighted by Gasteiger charge is 2.16. The molecule has 1 aliphatic rings. The van der Waals surface area contributed by atoms with Crippen LogP contribution in [0.15, 0.2) is 18.2 Å². The molecule has 0 bridgehead atoms. The van der Waals surface area contributed by atoms with Crippen LogP contribution < -0.4 is 10.6 Å². The van der Waals surface area contributed by atoms with Gasteiger partial charge in [-0.05, 0) is 38.9 Å². The maximum Gasteiger partial charge on any atom is 0.274 e. The molecule has 0 spiro atoms. The van der Waals surface area contributed by atoms with Crippen molar-refractivity contribution in [3.8, 4) is 0 Å². The van der Waals surface area contributed by atoms with Crippen LogP contribution in [-0.2, 0) is 9.53 Å². The summed E-state index contributed by atoms with van der Waals surface area (Å²) < 4.78 is 5.53. The number of carbonyl (C=O) groups is 1. The predicted molar refractivity (Wildman–Crippen MR) is 78.3 cm³/mol. The number of rotatable bonds is 5. The van der Waals surface area contributed by atoms with Crippen molar-refractivity contribution in [2.75, 3.05) is 25.0 Å². The molecule has 7 heteroatoms. The van der Waals surface area contributed by atoms with Gasteiger partial charge >= 0.3 is 0 Å². The van der Waals surface area contributed by atoms with Crippen LogP contribution in [0.25, 0.3) is 0 Å². The fraction of sp³-hybridized carbons (Fsp3) is 0.500. The zero-order valence-corrected chi connectivity index (χ0v) is 11.9. The number of ether oxygens (including phenoxy) is 1. The lowest BCUT2D eigenvalue weighted by Gasteiger charge is -2.22. The predicted octanol–water partition coefficient (Wildman–Crippen LogP) is 1.61. The zero-order valence-electron chi connectivity index (χ0n) is 11.9. The zero-order chi connectivity index (χ0) is 15.2. The number of anilines is 1. The van der Waals surface area contributed by atoms with Crippen LogP contribution in [-0.4, -0.2) is 36.6 Å². The van der Waals surface area contributed by atoms with E-state index in [0.717, 1.165) is 25.9 Å². The van der Waals surface area contributed by atoms with Gasteiger partial charge < -0.3 is 15.4 Å².